The molecule has 3 aromatic carbocycles. The molecular weight excluding hydrogens is 570 g/mol. The lowest BCUT2D eigenvalue weighted by Crippen LogP contribution is -2.53. The smallest absolute Gasteiger partial charge is 0.264 e. The summed E-state index contributed by atoms with van der Waals surface area (Å²) < 4.78 is 45.9. The SMILES string of the molecule is CC[C@H](C(=O)N[C@@H](C)CC)N(Cc1cccc(OC)c1)C(=O)CN(c1ccc2c(c1)OCCO2)S(=O)(=O)c1ccccc1. The summed E-state index contributed by atoms with van der Waals surface area (Å²) in [6.07, 6.45) is 1.05. The van der Waals surface area contributed by atoms with E-state index in [0.717, 1.165) is 16.3 Å². The molecule has 0 aliphatic carbocycles. The van der Waals surface area contributed by atoms with Gasteiger partial charge in [-0.3, -0.25) is 13.9 Å². The summed E-state index contributed by atoms with van der Waals surface area (Å²) in [4.78, 5) is 29.2. The average molecular weight is 610 g/mol. The first kappa shape index (κ1) is 31.7. The number of amides is 2. The zero-order valence-electron chi connectivity index (χ0n) is 25.0. The van der Waals surface area contributed by atoms with E-state index in [1.807, 2.05) is 26.8 Å². The van der Waals surface area contributed by atoms with E-state index in [1.54, 1.807) is 61.7 Å². The molecule has 0 bridgehead atoms. The van der Waals surface area contributed by atoms with Crippen LogP contribution in [0.15, 0.2) is 77.7 Å². The van der Waals surface area contributed by atoms with Crippen molar-refractivity contribution < 1.29 is 32.2 Å². The number of benzene rings is 3. The molecule has 230 valence electrons. The highest BCUT2D eigenvalue weighted by Crippen LogP contribution is 2.36. The van der Waals surface area contributed by atoms with Gasteiger partial charge < -0.3 is 24.4 Å². The molecule has 43 heavy (non-hydrogen) atoms. The normalized spacial score (nSPS) is 13.9. The van der Waals surface area contributed by atoms with Crippen LogP contribution in [0.2, 0.25) is 0 Å². The van der Waals surface area contributed by atoms with Crippen molar-refractivity contribution in [3.8, 4) is 17.2 Å². The van der Waals surface area contributed by atoms with Crippen molar-refractivity contribution in [1.82, 2.24) is 10.2 Å². The van der Waals surface area contributed by atoms with Crippen LogP contribution in [-0.2, 0) is 26.2 Å². The molecule has 1 N–H and O–H groups in total. The summed E-state index contributed by atoms with van der Waals surface area (Å²) in [7, 11) is -2.65. The minimum Gasteiger partial charge on any atom is -0.497 e. The first-order chi connectivity index (χ1) is 20.7. The molecular formula is C32H39N3O7S. The molecule has 0 radical (unpaired) electrons. The minimum atomic E-state index is -4.20. The molecule has 0 aromatic heterocycles. The standard InChI is InChI=1S/C32H39N3O7S/c1-5-23(3)33-32(37)28(6-2)34(21-24-11-10-12-26(19-24)40-4)31(36)22-35(43(38,39)27-13-8-7-9-14-27)25-15-16-29-30(20-25)42-18-17-41-29/h7-16,19-20,23,28H,5-6,17-18,21-22H2,1-4H3,(H,33,37)/t23-,28+/m0/s1. The molecule has 1 aliphatic heterocycles. The molecule has 0 spiro atoms. The summed E-state index contributed by atoms with van der Waals surface area (Å²) in [5, 5.41) is 2.98. The maximum absolute atomic E-state index is 14.3. The molecule has 11 heteroatoms. The summed E-state index contributed by atoms with van der Waals surface area (Å²) in [6, 6.07) is 19.0. The van der Waals surface area contributed by atoms with E-state index < -0.39 is 28.5 Å². The number of fused-ring (bicyclic) bond motifs is 1. The third-order valence-corrected chi connectivity index (χ3v) is 9.09. The van der Waals surface area contributed by atoms with Crippen LogP contribution in [0.1, 0.15) is 39.2 Å². The fourth-order valence-electron chi connectivity index (χ4n) is 4.76. The third-order valence-electron chi connectivity index (χ3n) is 7.30. The van der Waals surface area contributed by atoms with Gasteiger partial charge in [0.15, 0.2) is 11.5 Å². The number of methoxy groups -OCH3 is 1. The van der Waals surface area contributed by atoms with Crippen molar-refractivity contribution in [2.75, 3.05) is 31.2 Å². The van der Waals surface area contributed by atoms with Gasteiger partial charge in [0.2, 0.25) is 11.8 Å². The van der Waals surface area contributed by atoms with Crippen LogP contribution in [0, 0.1) is 0 Å². The van der Waals surface area contributed by atoms with Crippen LogP contribution in [0.4, 0.5) is 5.69 Å². The Morgan fingerprint density at radius 1 is 0.930 bits per heavy atom. The Morgan fingerprint density at radius 3 is 2.33 bits per heavy atom. The highest BCUT2D eigenvalue weighted by Gasteiger charge is 2.34. The number of rotatable bonds is 13. The lowest BCUT2D eigenvalue weighted by atomic mass is 10.1. The number of carbonyl (C=O) groups excluding carboxylic acids is 2. The molecule has 1 heterocycles. The van der Waals surface area contributed by atoms with Crippen molar-refractivity contribution in [2.45, 2.75) is 57.1 Å². The van der Waals surface area contributed by atoms with E-state index in [-0.39, 0.29) is 29.1 Å². The zero-order chi connectivity index (χ0) is 31.0. The van der Waals surface area contributed by atoms with E-state index in [4.69, 9.17) is 14.2 Å². The number of carbonyl (C=O) groups is 2. The molecule has 2 atom stereocenters. The van der Waals surface area contributed by atoms with Crippen LogP contribution in [0.5, 0.6) is 17.2 Å². The average Bonchev–Trinajstić information content (AvgIpc) is 3.03. The number of hydrogen-bond donors (Lipinski definition) is 1. The molecule has 4 rings (SSSR count). The molecule has 0 saturated heterocycles. The van der Waals surface area contributed by atoms with E-state index >= 15 is 0 Å². The van der Waals surface area contributed by atoms with Gasteiger partial charge >= 0.3 is 0 Å². The van der Waals surface area contributed by atoms with Crippen LogP contribution in [0.25, 0.3) is 0 Å². The fraction of sp³-hybridized carbons (Fsp3) is 0.375. The Bertz CT molecular complexity index is 1510. The van der Waals surface area contributed by atoms with E-state index in [1.165, 1.54) is 17.0 Å². The van der Waals surface area contributed by atoms with Gasteiger partial charge in [0, 0.05) is 18.7 Å². The highest BCUT2D eigenvalue weighted by molar-refractivity contribution is 7.92. The van der Waals surface area contributed by atoms with Gasteiger partial charge in [-0.2, -0.15) is 0 Å². The maximum atomic E-state index is 14.3. The van der Waals surface area contributed by atoms with Crippen LogP contribution in [0.3, 0.4) is 0 Å². The third kappa shape index (κ3) is 7.59. The Kier molecular flexibility index (Phi) is 10.5. The fourth-order valence-corrected chi connectivity index (χ4v) is 6.19. The first-order valence-corrected chi connectivity index (χ1v) is 15.8. The van der Waals surface area contributed by atoms with Crippen LogP contribution in [-0.4, -0.2) is 64.1 Å². The van der Waals surface area contributed by atoms with Gasteiger partial charge in [-0.25, -0.2) is 8.42 Å². The summed E-state index contributed by atoms with van der Waals surface area (Å²) in [5.74, 6) is 0.641. The van der Waals surface area contributed by atoms with Gasteiger partial charge in [-0.1, -0.05) is 44.2 Å². The first-order valence-electron chi connectivity index (χ1n) is 14.4. The molecule has 0 fully saturated rings. The van der Waals surface area contributed by atoms with Gasteiger partial charge in [0.1, 0.15) is 31.5 Å². The zero-order valence-corrected chi connectivity index (χ0v) is 25.8. The Hall–Kier alpha value is -4.25. The summed E-state index contributed by atoms with van der Waals surface area (Å²) >= 11 is 0. The summed E-state index contributed by atoms with van der Waals surface area (Å²) in [5.41, 5.74) is 0.971. The van der Waals surface area contributed by atoms with Gasteiger partial charge in [0.25, 0.3) is 10.0 Å². The topological polar surface area (TPSA) is 114 Å². The molecule has 2 amide bonds. The molecule has 1 aliphatic rings. The second-order valence-electron chi connectivity index (χ2n) is 10.3. The van der Waals surface area contributed by atoms with Crippen molar-refractivity contribution >= 4 is 27.5 Å². The predicted octanol–water partition coefficient (Wildman–Crippen LogP) is 4.38. The number of anilines is 1. The van der Waals surface area contributed by atoms with Crippen molar-refractivity contribution in [1.29, 1.82) is 0 Å². The number of nitrogens with zero attached hydrogens (tertiary/aromatic N) is 2. The van der Waals surface area contributed by atoms with E-state index in [9.17, 15) is 18.0 Å². The second kappa shape index (κ2) is 14.3. The summed E-state index contributed by atoms with van der Waals surface area (Å²) in [6.45, 7) is 5.91. The molecule has 0 saturated carbocycles. The second-order valence-corrected chi connectivity index (χ2v) is 12.1. The van der Waals surface area contributed by atoms with Gasteiger partial charge in [0.05, 0.1) is 17.7 Å². The van der Waals surface area contributed by atoms with Crippen molar-refractivity contribution in [3.63, 3.8) is 0 Å². The number of ether oxygens (including phenoxy) is 3. The van der Waals surface area contributed by atoms with Gasteiger partial charge in [-0.15, -0.1) is 0 Å². The molecule has 10 nitrogen and oxygen atoms in total. The largest absolute Gasteiger partial charge is 0.497 e. The van der Waals surface area contributed by atoms with E-state index in [2.05, 4.69) is 5.32 Å². The maximum Gasteiger partial charge on any atom is 0.264 e. The van der Waals surface area contributed by atoms with Crippen molar-refractivity contribution in [2.24, 2.45) is 0 Å². The lowest BCUT2D eigenvalue weighted by molar-refractivity contribution is -0.140. The lowest BCUT2D eigenvalue weighted by Gasteiger charge is -2.34. The van der Waals surface area contributed by atoms with Crippen LogP contribution >= 0.6 is 0 Å². The predicted molar refractivity (Wildman–Crippen MR) is 164 cm³/mol. The number of hydrogen-bond acceptors (Lipinski definition) is 7. The quantitative estimate of drug-likeness (QED) is 0.306. The Balaban J connectivity index is 1.76. The van der Waals surface area contributed by atoms with Gasteiger partial charge in [-0.05, 0) is 61.7 Å². The Labute approximate surface area is 253 Å². The molecule has 0 unspecified atom stereocenters. The number of sulfonamides is 1. The Morgan fingerprint density at radius 2 is 1.65 bits per heavy atom. The molecule has 3 aromatic rings. The number of nitrogens with one attached hydrogen (secondary N) is 1. The monoisotopic (exact) mass is 609 g/mol. The van der Waals surface area contributed by atoms with Crippen LogP contribution < -0.4 is 23.8 Å². The highest BCUT2D eigenvalue weighted by atomic mass is 32.2. The van der Waals surface area contributed by atoms with E-state index in [0.29, 0.717) is 36.9 Å². The minimum absolute atomic E-state index is 0.0265. The van der Waals surface area contributed by atoms with Crippen molar-refractivity contribution in [3.05, 3.63) is 78.4 Å².